The fraction of sp³-hybridized carbons (Fsp3) is 0.400. The maximum atomic E-state index is 12.7. The van der Waals surface area contributed by atoms with Crippen molar-refractivity contribution in [3.8, 4) is 5.75 Å². The molecule has 0 spiro atoms. The number of aromatic nitrogens is 2. The van der Waals surface area contributed by atoms with Crippen LogP contribution in [0.1, 0.15) is 36.0 Å². The summed E-state index contributed by atoms with van der Waals surface area (Å²) >= 11 is 1.55. The lowest BCUT2D eigenvalue weighted by molar-refractivity contribution is 0.140. The molecule has 1 aromatic carbocycles. The number of fused-ring (bicyclic) bond motifs is 1. The Hall–Kier alpha value is -2.42. The van der Waals surface area contributed by atoms with Gasteiger partial charge in [0.15, 0.2) is 0 Å². The third-order valence-electron chi connectivity index (χ3n) is 4.53. The number of rotatable bonds is 9. The molecule has 7 nitrogen and oxygen atoms in total. The van der Waals surface area contributed by atoms with Crippen LogP contribution in [0.4, 0.5) is 4.79 Å². The largest absolute Gasteiger partial charge is 0.486 e. The Morgan fingerprint density at radius 3 is 2.89 bits per heavy atom. The van der Waals surface area contributed by atoms with Crippen LogP contribution in [0.2, 0.25) is 0 Å². The van der Waals surface area contributed by atoms with Gasteiger partial charge in [0.05, 0.1) is 18.7 Å². The zero-order valence-corrected chi connectivity index (χ0v) is 17.0. The number of ether oxygens (including phenoxy) is 2. The lowest BCUT2D eigenvalue weighted by Gasteiger charge is -2.09. The predicted octanol–water partition coefficient (Wildman–Crippen LogP) is 4.20. The minimum absolute atomic E-state index is 0.356. The van der Waals surface area contributed by atoms with E-state index in [9.17, 15) is 4.79 Å². The molecule has 0 fully saturated rings. The van der Waals surface area contributed by atoms with Crippen molar-refractivity contribution in [2.45, 2.75) is 39.7 Å². The van der Waals surface area contributed by atoms with Gasteiger partial charge in [0.2, 0.25) is 0 Å². The Morgan fingerprint density at radius 1 is 1.32 bits per heavy atom. The normalized spacial score (nSPS) is 11.1. The Bertz CT molecular complexity index is 921. The van der Waals surface area contributed by atoms with Crippen LogP contribution in [-0.4, -0.2) is 28.9 Å². The summed E-state index contributed by atoms with van der Waals surface area (Å²) in [5.74, 6) is 5.94. The first-order valence-electron chi connectivity index (χ1n) is 9.29. The fourth-order valence-electron chi connectivity index (χ4n) is 3.10. The molecule has 0 unspecified atom stereocenters. The molecule has 0 aliphatic rings. The zero-order chi connectivity index (χ0) is 19.9. The van der Waals surface area contributed by atoms with Crippen LogP contribution < -0.4 is 10.6 Å². The second kappa shape index (κ2) is 9.68. The molecule has 2 N–H and O–H groups in total. The average Bonchev–Trinajstić information content (AvgIpc) is 3.30. The van der Waals surface area contributed by atoms with Gasteiger partial charge < -0.3 is 14.3 Å². The van der Waals surface area contributed by atoms with Gasteiger partial charge in [-0.1, -0.05) is 13.3 Å². The van der Waals surface area contributed by atoms with Crippen LogP contribution in [0.25, 0.3) is 10.9 Å². The van der Waals surface area contributed by atoms with Crippen molar-refractivity contribution in [3.63, 3.8) is 0 Å². The topological polar surface area (TPSA) is 88.6 Å². The van der Waals surface area contributed by atoms with E-state index in [2.05, 4.69) is 11.9 Å². The molecule has 0 amide bonds. The summed E-state index contributed by atoms with van der Waals surface area (Å²) in [5.41, 5.74) is 2.60. The molecule has 0 saturated carbocycles. The molecule has 0 saturated heterocycles. The molecule has 28 heavy (non-hydrogen) atoms. The van der Waals surface area contributed by atoms with E-state index in [1.165, 1.54) is 0 Å². The first-order chi connectivity index (χ1) is 13.7. The number of unbranched alkanes of at least 4 members (excludes halogenated alkanes) is 1. The number of thiazole rings is 1. The molecule has 0 aliphatic carbocycles. The molecular weight excluding hydrogens is 378 g/mol. The van der Waals surface area contributed by atoms with E-state index in [1.807, 2.05) is 30.5 Å². The van der Waals surface area contributed by atoms with E-state index in [0.29, 0.717) is 32.0 Å². The highest BCUT2D eigenvalue weighted by atomic mass is 32.1. The molecule has 0 aliphatic heterocycles. The fourth-order valence-corrected chi connectivity index (χ4v) is 3.63. The summed E-state index contributed by atoms with van der Waals surface area (Å²) in [5, 5.41) is 3.75. The summed E-state index contributed by atoms with van der Waals surface area (Å²) in [6.07, 6.45) is 3.78. The molecule has 3 aromatic rings. The monoisotopic (exact) mass is 403 g/mol. The van der Waals surface area contributed by atoms with Crippen LogP contribution >= 0.6 is 11.3 Å². The van der Waals surface area contributed by atoms with Crippen molar-refractivity contribution in [2.24, 2.45) is 5.90 Å². The van der Waals surface area contributed by atoms with E-state index >= 15 is 0 Å². The van der Waals surface area contributed by atoms with Crippen LogP contribution in [0, 0.1) is 6.92 Å². The highest BCUT2D eigenvalue weighted by molar-refractivity contribution is 7.09. The maximum absolute atomic E-state index is 12.7. The second-order valence-electron chi connectivity index (χ2n) is 6.38. The zero-order valence-electron chi connectivity index (χ0n) is 16.1. The van der Waals surface area contributed by atoms with Crippen molar-refractivity contribution in [1.82, 2.24) is 9.55 Å². The predicted molar refractivity (Wildman–Crippen MR) is 109 cm³/mol. The van der Waals surface area contributed by atoms with Gasteiger partial charge in [-0.3, -0.25) is 0 Å². The smallest absolute Gasteiger partial charge is 0.418 e. The summed E-state index contributed by atoms with van der Waals surface area (Å²) in [6.45, 7) is 5.13. The highest BCUT2D eigenvalue weighted by Gasteiger charge is 2.20. The van der Waals surface area contributed by atoms with Crippen molar-refractivity contribution >= 4 is 28.3 Å². The third-order valence-corrected chi connectivity index (χ3v) is 5.28. The number of carbonyl (C=O) groups excluding carboxylic acids is 1. The summed E-state index contributed by atoms with van der Waals surface area (Å²) in [4.78, 5) is 21.6. The SMILES string of the molecule is CCCCOC(=O)n1c(C)c(CCON)c2cc(OCc3nccs3)ccc21. The maximum Gasteiger partial charge on any atom is 0.418 e. The molecule has 0 bridgehead atoms. The number of carbonyl (C=O) groups is 1. The van der Waals surface area contributed by atoms with Crippen molar-refractivity contribution < 1.29 is 19.1 Å². The van der Waals surface area contributed by atoms with Crippen LogP contribution in [0.5, 0.6) is 5.75 Å². The third kappa shape index (κ3) is 4.52. The summed E-state index contributed by atoms with van der Waals surface area (Å²) in [7, 11) is 0. The van der Waals surface area contributed by atoms with E-state index in [0.717, 1.165) is 40.0 Å². The number of hydrogen-bond donors (Lipinski definition) is 1. The second-order valence-corrected chi connectivity index (χ2v) is 7.36. The standard InChI is InChI=1S/C20H25N3O4S/c1-3-4-9-25-20(24)23-14(2)16(7-10-27-21)17-12-15(5-6-18(17)23)26-13-19-22-8-11-28-19/h5-6,8,11-12H,3-4,7,9-10,13,21H2,1-2H3. The Kier molecular flexibility index (Phi) is 7.02. The number of nitrogens with zero attached hydrogens (tertiary/aromatic N) is 2. The van der Waals surface area contributed by atoms with E-state index in [1.54, 1.807) is 22.1 Å². The van der Waals surface area contributed by atoms with Gasteiger partial charge in [-0.05, 0) is 37.1 Å². The Labute approximate surface area is 168 Å². The van der Waals surface area contributed by atoms with Gasteiger partial charge in [0.25, 0.3) is 0 Å². The molecular formula is C20H25N3O4S. The number of benzene rings is 1. The van der Waals surface area contributed by atoms with E-state index < -0.39 is 0 Å². The minimum Gasteiger partial charge on any atom is -0.486 e. The lowest BCUT2D eigenvalue weighted by atomic mass is 10.1. The summed E-state index contributed by atoms with van der Waals surface area (Å²) in [6, 6.07) is 5.68. The Balaban J connectivity index is 1.92. The van der Waals surface area contributed by atoms with E-state index in [4.69, 9.17) is 20.2 Å². The number of nitrogens with two attached hydrogens (primary N) is 1. The van der Waals surface area contributed by atoms with E-state index in [-0.39, 0.29) is 6.09 Å². The van der Waals surface area contributed by atoms with Gasteiger partial charge in [0, 0.05) is 29.1 Å². The van der Waals surface area contributed by atoms with Gasteiger partial charge in [0.1, 0.15) is 17.4 Å². The van der Waals surface area contributed by atoms with Gasteiger partial charge in [-0.2, -0.15) is 0 Å². The summed E-state index contributed by atoms with van der Waals surface area (Å²) < 4.78 is 12.9. The lowest BCUT2D eigenvalue weighted by Crippen LogP contribution is -2.16. The first-order valence-corrected chi connectivity index (χ1v) is 10.2. The number of hydrogen-bond acceptors (Lipinski definition) is 7. The van der Waals surface area contributed by atoms with Crippen molar-refractivity contribution in [1.29, 1.82) is 0 Å². The highest BCUT2D eigenvalue weighted by Crippen LogP contribution is 2.30. The average molecular weight is 404 g/mol. The first kappa shape index (κ1) is 20.3. The molecule has 8 heteroatoms. The van der Waals surface area contributed by atoms with Crippen LogP contribution in [-0.2, 0) is 22.6 Å². The molecule has 3 rings (SSSR count). The van der Waals surface area contributed by atoms with Crippen LogP contribution in [0.15, 0.2) is 29.8 Å². The van der Waals surface area contributed by atoms with Gasteiger partial charge in [-0.15, -0.1) is 11.3 Å². The molecule has 2 aromatic heterocycles. The van der Waals surface area contributed by atoms with Gasteiger partial charge >= 0.3 is 6.09 Å². The van der Waals surface area contributed by atoms with Crippen molar-refractivity contribution in [3.05, 3.63) is 46.0 Å². The minimum atomic E-state index is -0.368. The quantitative estimate of drug-likeness (QED) is 0.425. The Morgan fingerprint density at radius 2 is 2.18 bits per heavy atom. The van der Waals surface area contributed by atoms with Crippen LogP contribution in [0.3, 0.4) is 0 Å². The van der Waals surface area contributed by atoms with Crippen molar-refractivity contribution in [2.75, 3.05) is 13.2 Å². The molecule has 150 valence electrons. The molecule has 0 radical (unpaired) electrons. The van der Waals surface area contributed by atoms with Gasteiger partial charge in [-0.25, -0.2) is 20.2 Å². The molecule has 2 heterocycles. The molecule has 0 atom stereocenters.